The smallest absolute Gasteiger partial charge is 0.253 e. The molecule has 3 heterocycles. The van der Waals surface area contributed by atoms with E-state index >= 15 is 0 Å². The van der Waals surface area contributed by atoms with Crippen molar-refractivity contribution in [3.63, 3.8) is 0 Å². The van der Waals surface area contributed by atoms with Gasteiger partial charge in [0.25, 0.3) is 5.91 Å². The molecule has 1 aromatic heterocycles. The van der Waals surface area contributed by atoms with E-state index in [2.05, 4.69) is 23.2 Å². The molecule has 1 unspecified atom stereocenters. The Morgan fingerprint density at radius 1 is 1.09 bits per heavy atom. The summed E-state index contributed by atoms with van der Waals surface area (Å²) in [6, 6.07) is 17.8. The Balaban J connectivity index is 1.18. The number of nitrogens with zero attached hydrogens (tertiary/aromatic N) is 3. The van der Waals surface area contributed by atoms with Gasteiger partial charge in [-0.3, -0.25) is 14.6 Å². The van der Waals surface area contributed by atoms with Crippen molar-refractivity contribution in [2.24, 2.45) is 5.92 Å². The number of pyridine rings is 1. The van der Waals surface area contributed by atoms with Crippen molar-refractivity contribution in [3.8, 4) is 5.75 Å². The van der Waals surface area contributed by atoms with E-state index < -0.39 is 0 Å². The predicted molar refractivity (Wildman–Crippen MR) is 127 cm³/mol. The van der Waals surface area contributed by atoms with Gasteiger partial charge in [-0.1, -0.05) is 24.3 Å². The maximum absolute atomic E-state index is 13.1. The van der Waals surface area contributed by atoms with E-state index in [0.29, 0.717) is 36.8 Å². The third-order valence-electron chi connectivity index (χ3n) is 6.70. The molecule has 2 aliphatic rings. The van der Waals surface area contributed by atoms with Gasteiger partial charge in [0.15, 0.2) is 0 Å². The third kappa shape index (κ3) is 4.85. The molecule has 0 aliphatic carbocycles. The molecule has 2 saturated heterocycles. The van der Waals surface area contributed by atoms with Gasteiger partial charge in [-0.2, -0.15) is 0 Å². The Bertz CT molecular complexity index is 1160. The SMILES string of the molecule is O=C1CCCN1CCOc1cccc(C(=O)N2CCC(Cc3cccc4ncccc34)C2)c1. The van der Waals surface area contributed by atoms with Crippen molar-refractivity contribution in [1.29, 1.82) is 0 Å². The van der Waals surface area contributed by atoms with E-state index in [0.717, 1.165) is 44.4 Å². The van der Waals surface area contributed by atoms with Crippen LogP contribution in [0, 0.1) is 5.92 Å². The molecule has 1 atom stereocenters. The van der Waals surface area contributed by atoms with Crippen LogP contribution < -0.4 is 4.74 Å². The summed E-state index contributed by atoms with van der Waals surface area (Å²) in [5.74, 6) is 1.37. The number of carbonyl (C=O) groups is 2. The summed E-state index contributed by atoms with van der Waals surface area (Å²) in [7, 11) is 0. The average molecular weight is 444 g/mol. The van der Waals surface area contributed by atoms with Gasteiger partial charge in [0.2, 0.25) is 5.91 Å². The molecular weight excluding hydrogens is 414 g/mol. The standard InChI is InChI=1S/C27H29N3O3/c31-26-10-4-13-29(26)15-16-33-23-7-1-6-22(18-23)27(32)30-14-11-20(19-30)17-21-5-2-9-25-24(21)8-3-12-28-25/h1-3,5-9,12,18,20H,4,10-11,13-17,19H2. The minimum absolute atomic E-state index is 0.0530. The Kier molecular flexibility index (Phi) is 6.24. The molecule has 0 saturated carbocycles. The molecular formula is C27H29N3O3. The third-order valence-corrected chi connectivity index (χ3v) is 6.70. The van der Waals surface area contributed by atoms with Crippen molar-refractivity contribution in [1.82, 2.24) is 14.8 Å². The average Bonchev–Trinajstić information content (AvgIpc) is 3.48. The lowest BCUT2D eigenvalue weighted by atomic mass is 9.96. The van der Waals surface area contributed by atoms with Crippen LogP contribution in [0.4, 0.5) is 0 Å². The first kappa shape index (κ1) is 21.4. The normalized spacial score (nSPS) is 18.3. The number of hydrogen-bond donors (Lipinski definition) is 0. The molecule has 0 radical (unpaired) electrons. The zero-order chi connectivity index (χ0) is 22.6. The molecule has 0 bridgehead atoms. The minimum Gasteiger partial charge on any atom is -0.492 e. The summed E-state index contributed by atoms with van der Waals surface area (Å²) in [6.45, 7) is 3.38. The number of rotatable bonds is 7. The first-order chi connectivity index (χ1) is 16.2. The van der Waals surface area contributed by atoms with Gasteiger partial charge in [0.1, 0.15) is 12.4 Å². The molecule has 2 fully saturated rings. The number of ether oxygens (including phenoxy) is 1. The lowest BCUT2D eigenvalue weighted by molar-refractivity contribution is -0.128. The highest BCUT2D eigenvalue weighted by atomic mass is 16.5. The monoisotopic (exact) mass is 443 g/mol. The van der Waals surface area contributed by atoms with Gasteiger partial charge >= 0.3 is 0 Å². The Morgan fingerprint density at radius 3 is 2.88 bits per heavy atom. The second kappa shape index (κ2) is 9.61. The van der Waals surface area contributed by atoms with Crippen LogP contribution in [0.2, 0.25) is 0 Å². The second-order valence-electron chi connectivity index (χ2n) is 8.96. The van der Waals surface area contributed by atoms with Gasteiger partial charge in [-0.05, 0) is 61.1 Å². The minimum atomic E-state index is 0.0530. The fourth-order valence-electron chi connectivity index (χ4n) is 4.96. The van der Waals surface area contributed by atoms with Crippen LogP contribution >= 0.6 is 0 Å². The van der Waals surface area contributed by atoms with Crippen LogP contribution in [-0.2, 0) is 11.2 Å². The van der Waals surface area contributed by atoms with Crippen LogP contribution in [0.15, 0.2) is 60.8 Å². The molecule has 0 N–H and O–H groups in total. The summed E-state index contributed by atoms with van der Waals surface area (Å²) in [6.07, 6.45) is 5.34. The van der Waals surface area contributed by atoms with Crippen molar-refractivity contribution < 1.29 is 14.3 Å². The topological polar surface area (TPSA) is 62.7 Å². The maximum atomic E-state index is 13.1. The van der Waals surface area contributed by atoms with Crippen molar-refractivity contribution in [3.05, 3.63) is 71.9 Å². The van der Waals surface area contributed by atoms with Crippen LogP contribution in [-0.4, -0.2) is 59.4 Å². The zero-order valence-electron chi connectivity index (χ0n) is 18.8. The van der Waals surface area contributed by atoms with Crippen molar-refractivity contribution in [2.75, 3.05) is 32.8 Å². The van der Waals surface area contributed by atoms with Gasteiger partial charge in [0, 0.05) is 43.2 Å². The van der Waals surface area contributed by atoms with Gasteiger partial charge in [-0.25, -0.2) is 0 Å². The molecule has 2 aromatic carbocycles. The van der Waals surface area contributed by atoms with Gasteiger partial charge in [-0.15, -0.1) is 0 Å². The van der Waals surface area contributed by atoms with E-state index in [-0.39, 0.29) is 11.8 Å². The first-order valence-electron chi connectivity index (χ1n) is 11.8. The molecule has 6 heteroatoms. The highest BCUT2D eigenvalue weighted by Crippen LogP contribution is 2.26. The summed E-state index contributed by atoms with van der Waals surface area (Å²) < 4.78 is 5.84. The quantitative estimate of drug-likeness (QED) is 0.555. The second-order valence-corrected chi connectivity index (χ2v) is 8.96. The highest BCUT2D eigenvalue weighted by molar-refractivity contribution is 5.94. The maximum Gasteiger partial charge on any atom is 0.253 e. The van der Waals surface area contributed by atoms with Crippen LogP contribution in [0.1, 0.15) is 35.2 Å². The van der Waals surface area contributed by atoms with E-state index in [1.165, 1.54) is 10.9 Å². The van der Waals surface area contributed by atoms with Gasteiger partial charge < -0.3 is 14.5 Å². The van der Waals surface area contributed by atoms with E-state index in [4.69, 9.17) is 4.74 Å². The lowest BCUT2D eigenvalue weighted by Gasteiger charge is -2.18. The van der Waals surface area contributed by atoms with E-state index in [9.17, 15) is 9.59 Å². The molecule has 2 aliphatic heterocycles. The molecule has 170 valence electrons. The van der Waals surface area contributed by atoms with Crippen molar-refractivity contribution >= 4 is 22.7 Å². The van der Waals surface area contributed by atoms with Crippen LogP contribution in [0.25, 0.3) is 10.9 Å². The Hall–Kier alpha value is -3.41. The number of likely N-dealkylation sites (tertiary alicyclic amines) is 2. The molecule has 2 amide bonds. The molecule has 6 nitrogen and oxygen atoms in total. The lowest BCUT2D eigenvalue weighted by Crippen LogP contribution is -2.29. The molecule has 0 spiro atoms. The van der Waals surface area contributed by atoms with Crippen molar-refractivity contribution in [2.45, 2.75) is 25.7 Å². The number of aromatic nitrogens is 1. The summed E-state index contributed by atoms with van der Waals surface area (Å²) >= 11 is 0. The largest absolute Gasteiger partial charge is 0.492 e. The molecule has 5 rings (SSSR count). The fourth-order valence-corrected chi connectivity index (χ4v) is 4.96. The Labute approximate surface area is 194 Å². The molecule has 33 heavy (non-hydrogen) atoms. The van der Waals surface area contributed by atoms with Gasteiger partial charge in [0.05, 0.1) is 12.1 Å². The number of carbonyl (C=O) groups excluding carboxylic acids is 2. The predicted octanol–water partition coefficient (Wildman–Crippen LogP) is 3.94. The number of fused-ring (bicyclic) bond motifs is 1. The summed E-state index contributed by atoms with van der Waals surface area (Å²) in [4.78, 5) is 33.1. The zero-order valence-corrected chi connectivity index (χ0v) is 18.8. The Morgan fingerprint density at radius 2 is 2.00 bits per heavy atom. The van der Waals surface area contributed by atoms with Crippen LogP contribution in [0.5, 0.6) is 5.75 Å². The van der Waals surface area contributed by atoms with E-state index in [1.54, 1.807) is 0 Å². The molecule has 3 aromatic rings. The number of amides is 2. The summed E-state index contributed by atoms with van der Waals surface area (Å²) in [5, 5.41) is 1.20. The van der Waals surface area contributed by atoms with E-state index in [1.807, 2.05) is 52.4 Å². The van der Waals surface area contributed by atoms with Crippen LogP contribution in [0.3, 0.4) is 0 Å². The fraction of sp³-hybridized carbons (Fsp3) is 0.370. The number of benzene rings is 2. The summed E-state index contributed by atoms with van der Waals surface area (Å²) in [5.41, 5.74) is 2.97. The first-order valence-corrected chi connectivity index (χ1v) is 11.8. The highest BCUT2D eigenvalue weighted by Gasteiger charge is 2.27. The number of hydrogen-bond acceptors (Lipinski definition) is 4.